The summed E-state index contributed by atoms with van der Waals surface area (Å²) in [7, 11) is 3.69. The molecule has 0 radical (unpaired) electrons. The number of carbonyl (C=O) groups is 1. The predicted molar refractivity (Wildman–Crippen MR) is 110 cm³/mol. The van der Waals surface area contributed by atoms with Crippen molar-refractivity contribution >= 4 is 22.8 Å². The zero-order valence-electron chi connectivity index (χ0n) is 16.5. The lowest BCUT2D eigenvalue weighted by Gasteiger charge is -2.26. The van der Waals surface area contributed by atoms with Gasteiger partial charge < -0.3 is 20.2 Å². The van der Waals surface area contributed by atoms with E-state index < -0.39 is 5.78 Å². The van der Waals surface area contributed by atoms with E-state index >= 15 is 0 Å². The van der Waals surface area contributed by atoms with Crippen molar-refractivity contribution in [3.8, 4) is 5.75 Å². The average Bonchev–Trinajstić information content (AvgIpc) is 2.66. The average molecular weight is 381 g/mol. The lowest BCUT2D eigenvalue weighted by Crippen LogP contribution is -2.25. The molecule has 0 saturated carbocycles. The summed E-state index contributed by atoms with van der Waals surface area (Å²) in [6.07, 6.45) is 4.91. The quantitative estimate of drug-likeness (QED) is 0.551. The smallest absolute Gasteiger partial charge is 0.203 e. The number of phenols is 1. The Hall–Kier alpha value is -3.28. The third kappa shape index (κ3) is 3.11. The molecule has 3 rings (SSSR count). The van der Waals surface area contributed by atoms with E-state index in [0.717, 1.165) is 24.5 Å². The number of aliphatic hydroxyl groups is 2. The highest BCUT2D eigenvalue weighted by molar-refractivity contribution is 6.40. The van der Waals surface area contributed by atoms with Gasteiger partial charge in [0.05, 0.1) is 17.2 Å². The van der Waals surface area contributed by atoms with Gasteiger partial charge in [0.2, 0.25) is 11.5 Å². The molecule has 2 aliphatic carbocycles. The molecule has 0 amide bonds. The predicted octanol–water partition coefficient (Wildman–Crippen LogP) is 3.11. The summed E-state index contributed by atoms with van der Waals surface area (Å²) in [6, 6.07) is 5.05. The van der Waals surface area contributed by atoms with E-state index in [0.29, 0.717) is 0 Å². The van der Waals surface area contributed by atoms with Gasteiger partial charge in [-0.05, 0) is 32.1 Å². The summed E-state index contributed by atoms with van der Waals surface area (Å²) in [5.74, 6) is -0.771. The fourth-order valence-corrected chi connectivity index (χ4v) is 3.43. The van der Waals surface area contributed by atoms with Gasteiger partial charge in [-0.2, -0.15) is 0 Å². The van der Waals surface area contributed by atoms with Crippen molar-refractivity contribution in [2.75, 3.05) is 32.1 Å². The number of rotatable bonds is 4. The highest BCUT2D eigenvalue weighted by Gasteiger charge is 2.39. The molecule has 1 aromatic rings. The van der Waals surface area contributed by atoms with E-state index in [2.05, 4.69) is 4.90 Å². The van der Waals surface area contributed by atoms with Crippen LogP contribution in [-0.4, -0.2) is 58.6 Å². The van der Waals surface area contributed by atoms with E-state index in [4.69, 9.17) is 0 Å². The van der Waals surface area contributed by atoms with Gasteiger partial charge in [-0.1, -0.05) is 0 Å². The number of allylic oxidation sites excluding steroid dienone is 5. The molecule has 0 fully saturated rings. The van der Waals surface area contributed by atoms with Crippen molar-refractivity contribution in [1.29, 1.82) is 0 Å². The fraction of sp³-hybridized carbons (Fsp3) is 0.273. The summed E-state index contributed by atoms with van der Waals surface area (Å²) < 4.78 is 1.83. The van der Waals surface area contributed by atoms with Gasteiger partial charge in [-0.3, -0.25) is 4.79 Å². The summed E-state index contributed by atoms with van der Waals surface area (Å²) in [5, 5.41) is 31.2. The zero-order valence-corrected chi connectivity index (χ0v) is 16.5. The Labute approximate surface area is 164 Å². The molecule has 0 atom stereocenters. The summed E-state index contributed by atoms with van der Waals surface area (Å²) in [6.45, 7) is 5.63. The van der Waals surface area contributed by atoms with Crippen LogP contribution in [0.25, 0.3) is 5.57 Å². The van der Waals surface area contributed by atoms with E-state index in [1.165, 1.54) is 6.08 Å². The second kappa shape index (κ2) is 7.38. The third-order valence-electron chi connectivity index (χ3n) is 5.07. The number of hydrogen-bond donors (Lipinski definition) is 3. The first-order chi connectivity index (χ1) is 13.3. The number of nitrogens with zero attached hydrogens (tertiary/aromatic N) is 2. The Bertz CT molecular complexity index is 1000. The van der Waals surface area contributed by atoms with Crippen LogP contribution in [0.2, 0.25) is 0 Å². The molecule has 1 aromatic carbocycles. The van der Waals surface area contributed by atoms with Crippen LogP contribution in [0.5, 0.6) is 5.75 Å². The number of ketones is 1. The molecule has 3 N–H and O–H groups in total. The number of aliphatic hydroxyl groups excluding tert-OH is 2. The standard InChI is InChI=1S/C22H24N2O4/c1-5-24(6-2)14-8-10-16(18(26)12-14)20-21(27)19(22(20)28)15-9-7-13(23(3)4)11-17(15)25/h7-12H,5-6H2,1-4H3,(H2,25,26,27,28)/p+1. The first-order valence-corrected chi connectivity index (χ1v) is 9.24. The largest absolute Gasteiger partial charge is 0.507 e. The lowest BCUT2D eigenvalue weighted by molar-refractivity contribution is -0.462. The summed E-state index contributed by atoms with van der Waals surface area (Å²) >= 11 is 0. The molecule has 0 spiro atoms. The van der Waals surface area contributed by atoms with Crippen molar-refractivity contribution in [3.63, 3.8) is 0 Å². The van der Waals surface area contributed by atoms with Crippen molar-refractivity contribution < 1.29 is 24.7 Å². The van der Waals surface area contributed by atoms with Crippen LogP contribution in [0.1, 0.15) is 19.4 Å². The maximum absolute atomic E-state index is 12.7. The number of aromatic hydroxyl groups is 1. The zero-order chi connectivity index (χ0) is 20.6. The molecular formula is C22H25N2O4+. The summed E-state index contributed by atoms with van der Waals surface area (Å²) in [4.78, 5) is 14.8. The first kappa shape index (κ1) is 19.5. The molecule has 146 valence electrons. The number of phenolic OH excluding ortho intramolecular Hbond substituents is 1. The Balaban J connectivity index is 2.02. The molecule has 0 unspecified atom stereocenters. The Kier molecular flexibility index (Phi) is 5.14. The monoisotopic (exact) mass is 381 g/mol. The van der Waals surface area contributed by atoms with Gasteiger partial charge in [0.15, 0.2) is 0 Å². The molecule has 0 aromatic heterocycles. The SMILES string of the molecule is CCN(CC)c1ccc(C2=C(O)C(=C3C=CC(=[N+](C)C)C=C3O)C2=O)c(O)c1. The molecule has 2 aliphatic rings. The highest BCUT2D eigenvalue weighted by Crippen LogP contribution is 2.43. The third-order valence-corrected chi connectivity index (χ3v) is 5.07. The molecule has 6 nitrogen and oxygen atoms in total. The van der Waals surface area contributed by atoms with Crippen molar-refractivity contribution in [2.45, 2.75) is 13.8 Å². The molecule has 0 aliphatic heterocycles. The second-order valence-corrected chi connectivity index (χ2v) is 6.90. The molecular weight excluding hydrogens is 356 g/mol. The van der Waals surface area contributed by atoms with Gasteiger partial charge in [-0.25, -0.2) is 4.58 Å². The molecule has 0 bridgehead atoms. The van der Waals surface area contributed by atoms with Crippen LogP contribution < -0.4 is 4.90 Å². The van der Waals surface area contributed by atoms with Crippen molar-refractivity contribution in [1.82, 2.24) is 0 Å². The minimum absolute atomic E-state index is 0.0602. The van der Waals surface area contributed by atoms with Crippen LogP contribution in [0.4, 0.5) is 5.69 Å². The topological polar surface area (TPSA) is 84.0 Å². The van der Waals surface area contributed by atoms with E-state index in [1.54, 1.807) is 24.3 Å². The van der Waals surface area contributed by atoms with Gasteiger partial charge in [-0.15, -0.1) is 0 Å². The molecule has 6 heteroatoms. The number of carbonyl (C=O) groups excluding carboxylic acids is 1. The first-order valence-electron chi connectivity index (χ1n) is 9.24. The Morgan fingerprint density at radius 1 is 1.00 bits per heavy atom. The fourth-order valence-electron chi connectivity index (χ4n) is 3.43. The number of anilines is 1. The molecule has 0 heterocycles. The maximum Gasteiger partial charge on any atom is 0.203 e. The van der Waals surface area contributed by atoms with E-state index in [1.807, 2.05) is 38.6 Å². The Morgan fingerprint density at radius 3 is 2.18 bits per heavy atom. The summed E-state index contributed by atoms with van der Waals surface area (Å²) in [5.41, 5.74) is 2.31. The van der Waals surface area contributed by atoms with Gasteiger partial charge in [0.1, 0.15) is 31.4 Å². The molecule has 28 heavy (non-hydrogen) atoms. The van der Waals surface area contributed by atoms with Crippen LogP contribution in [0.3, 0.4) is 0 Å². The molecule has 0 saturated heterocycles. The van der Waals surface area contributed by atoms with Crippen molar-refractivity contribution in [2.24, 2.45) is 0 Å². The van der Waals surface area contributed by atoms with Crippen molar-refractivity contribution in [3.05, 3.63) is 64.7 Å². The lowest BCUT2D eigenvalue weighted by atomic mass is 9.79. The van der Waals surface area contributed by atoms with Crippen LogP contribution in [0, 0.1) is 0 Å². The number of benzene rings is 1. The van der Waals surface area contributed by atoms with Crippen LogP contribution in [0.15, 0.2) is 59.1 Å². The Morgan fingerprint density at radius 2 is 1.68 bits per heavy atom. The highest BCUT2D eigenvalue weighted by atomic mass is 16.3. The van der Waals surface area contributed by atoms with Gasteiger partial charge in [0.25, 0.3) is 0 Å². The minimum Gasteiger partial charge on any atom is -0.507 e. The van der Waals surface area contributed by atoms with Gasteiger partial charge >= 0.3 is 0 Å². The van der Waals surface area contributed by atoms with E-state index in [-0.39, 0.29) is 39.6 Å². The normalized spacial score (nSPS) is 18.9. The van der Waals surface area contributed by atoms with Crippen LogP contribution >= 0.6 is 0 Å². The number of Topliss-reactive ketones (excluding diaryl/α,β-unsaturated/α-hetero) is 1. The maximum atomic E-state index is 12.7. The number of hydrogen-bond acceptors (Lipinski definition) is 5. The second-order valence-electron chi connectivity index (χ2n) is 6.90. The van der Waals surface area contributed by atoms with Gasteiger partial charge in [0, 0.05) is 42.1 Å². The van der Waals surface area contributed by atoms with Crippen LogP contribution in [-0.2, 0) is 4.79 Å². The minimum atomic E-state index is -0.406. The van der Waals surface area contributed by atoms with E-state index in [9.17, 15) is 20.1 Å².